The Bertz CT molecular complexity index is 1150. The van der Waals surface area contributed by atoms with Gasteiger partial charge in [0.05, 0.1) is 17.1 Å². The highest BCUT2D eigenvalue weighted by Gasteiger charge is 2.35. The largest absolute Gasteiger partial charge is 0.472 e. The second kappa shape index (κ2) is 10.6. The minimum atomic E-state index is -3.50. The smallest absolute Gasteiger partial charge is 0.175 e. The maximum absolute atomic E-state index is 14.5. The standard InChI is InChI=1S/C25H31F2N3O4S/c1-16-22(9-12-29-25(16)34-23-8-7-20(15-21(23)27)35(2,31)32)33-19-10-13-30(14-11-19)24(28)17-3-5-18(26)6-4-17/h3-8,15-16,19,22,25,28-29H,9-14H2,1-2H3. The predicted octanol–water partition coefficient (Wildman–Crippen LogP) is 3.58. The zero-order chi connectivity index (χ0) is 25.2. The molecule has 2 aromatic rings. The Labute approximate surface area is 204 Å². The summed E-state index contributed by atoms with van der Waals surface area (Å²) in [4.78, 5) is 1.89. The third-order valence-corrected chi connectivity index (χ3v) is 7.78. The van der Waals surface area contributed by atoms with E-state index in [9.17, 15) is 17.2 Å². The quantitative estimate of drug-likeness (QED) is 0.459. The predicted molar refractivity (Wildman–Crippen MR) is 128 cm³/mol. The molecular formula is C25H31F2N3O4S. The van der Waals surface area contributed by atoms with Crippen molar-refractivity contribution in [1.82, 2.24) is 10.2 Å². The van der Waals surface area contributed by atoms with Crippen LogP contribution in [0.4, 0.5) is 8.78 Å². The molecule has 0 saturated carbocycles. The third-order valence-electron chi connectivity index (χ3n) is 6.67. The molecule has 190 valence electrons. The van der Waals surface area contributed by atoms with E-state index in [0.29, 0.717) is 31.0 Å². The van der Waals surface area contributed by atoms with Crippen molar-refractivity contribution in [2.24, 2.45) is 5.92 Å². The maximum atomic E-state index is 14.5. The molecule has 35 heavy (non-hydrogen) atoms. The van der Waals surface area contributed by atoms with Crippen LogP contribution in [-0.4, -0.2) is 63.5 Å². The summed E-state index contributed by atoms with van der Waals surface area (Å²) in [5, 5.41) is 11.7. The number of rotatable bonds is 6. The van der Waals surface area contributed by atoms with Gasteiger partial charge in [0.15, 0.2) is 27.6 Å². The molecule has 4 rings (SSSR count). The normalized spacial score (nSPS) is 23.8. The highest BCUT2D eigenvalue weighted by Crippen LogP contribution is 2.29. The Hall–Kier alpha value is -2.56. The van der Waals surface area contributed by atoms with E-state index in [1.807, 2.05) is 11.8 Å². The van der Waals surface area contributed by atoms with Crippen LogP contribution >= 0.6 is 0 Å². The minimum Gasteiger partial charge on any atom is -0.472 e. The lowest BCUT2D eigenvalue weighted by Crippen LogP contribution is -2.52. The number of nitrogens with one attached hydrogen (secondary N) is 2. The van der Waals surface area contributed by atoms with Gasteiger partial charge < -0.3 is 14.4 Å². The number of hydrogen-bond acceptors (Lipinski definition) is 6. The number of likely N-dealkylation sites (tertiary alicyclic amines) is 1. The number of hydrogen-bond donors (Lipinski definition) is 2. The molecule has 0 amide bonds. The van der Waals surface area contributed by atoms with Gasteiger partial charge in [-0.05, 0) is 61.7 Å². The van der Waals surface area contributed by atoms with E-state index < -0.39 is 21.9 Å². The number of halogens is 2. The number of nitrogens with zero attached hydrogens (tertiary/aromatic N) is 1. The van der Waals surface area contributed by atoms with Gasteiger partial charge in [-0.2, -0.15) is 0 Å². The molecule has 2 aromatic carbocycles. The third kappa shape index (κ3) is 6.17. The van der Waals surface area contributed by atoms with E-state index in [1.54, 1.807) is 12.1 Å². The van der Waals surface area contributed by atoms with Crippen LogP contribution in [0.25, 0.3) is 0 Å². The molecule has 3 atom stereocenters. The Morgan fingerprint density at radius 3 is 2.40 bits per heavy atom. The van der Waals surface area contributed by atoms with E-state index in [-0.39, 0.29) is 34.6 Å². The molecule has 2 heterocycles. The molecule has 10 heteroatoms. The molecule has 0 aromatic heterocycles. The van der Waals surface area contributed by atoms with Gasteiger partial charge in [0.1, 0.15) is 11.7 Å². The number of piperidine rings is 2. The topological polar surface area (TPSA) is 91.7 Å². The molecule has 2 aliphatic rings. The first-order chi connectivity index (χ1) is 16.6. The number of ether oxygens (including phenoxy) is 2. The minimum absolute atomic E-state index is 0.00462. The van der Waals surface area contributed by atoms with Gasteiger partial charge in [0, 0.05) is 37.4 Å². The maximum Gasteiger partial charge on any atom is 0.175 e. The summed E-state index contributed by atoms with van der Waals surface area (Å²) in [6.45, 7) is 4.00. The highest BCUT2D eigenvalue weighted by atomic mass is 32.2. The van der Waals surface area contributed by atoms with Gasteiger partial charge >= 0.3 is 0 Å². The molecule has 2 saturated heterocycles. The van der Waals surface area contributed by atoms with Crippen LogP contribution in [0.1, 0.15) is 31.7 Å². The van der Waals surface area contributed by atoms with E-state index in [4.69, 9.17) is 14.9 Å². The van der Waals surface area contributed by atoms with Gasteiger partial charge in [-0.3, -0.25) is 10.7 Å². The molecule has 2 N–H and O–H groups in total. The first kappa shape index (κ1) is 25.5. The lowest BCUT2D eigenvalue weighted by molar-refractivity contribution is -0.101. The molecule has 0 spiro atoms. The van der Waals surface area contributed by atoms with Crippen LogP contribution < -0.4 is 10.1 Å². The Morgan fingerprint density at radius 1 is 1.09 bits per heavy atom. The number of benzene rings is 2. The van der Waals surface area contributed by atoms with E-state index in [2.05, 4.69) is 5.32 Å². The van der Waals surface area contributed by atoms with Gasteiger partial charge in [-0.1, -0.05) is 6.92 Å². The Kier molecular flexibility index (Phi) is 7.73. The molecule has 0 radical (unpaired) electrons. The monoisotopic (exact) mass is 507 g/mol. The van der Waals surface area contributed by atoms with Crippen molar-refractivity contribution in [2.45, 2.75) is 49.5 Å². The molecule has 0 bridgehead atoms. The second-order valence-electron chi connectivity index (χ2n) is 9.22. The Balaban J connectivity index is 1.31. The molecule has 7 nitrogen and oxygen atoms in total. The van der Waals surface area contributed by atoms with E-state index >= 15 is 0 Å². The van der Waals surface area contributed by atoms with Gasteiger partial charge in [0.2, 0.25) is 0 Å². The molecule has 2 fully saturated rings. The summed E-state index contributed by atoms with van der Waals surface area (Å²) in [6, 6.07) is 9.63. The fraction of sp³-hybridized carbons (Fsp3) is 0.480. The average Bonchev–Trinajstić information content (AvgIpc) is 2.82. The second-order valence-corrected chi connectivity index (χ2v) is 11.2. The molecule has 2 aliphatic heterocycles. The van der Waals surface area contributed by atoms with E-state index in [0.717, 1.165) is 31.6 Å². The van der Waals surface area contributed by atoms with Crippen molar-refractivity contribution < 1.29 is 26.7 Å². The fourth-order valence-corrected chi connectivity index (χ4v) is 5.18. The van der Waals surface area contributed by atoms with Gasteiger partial charge in [0.25, 0.3) is 0 Å². The van der Waals surface area contributed by atoms with Crippen molar-refractivity contribution in [2.75, 3.05) is 25.9 Å². The summed E-state index contributed by atoms with van der Waals surface area (Å²) in [5.41, 5.74) is 0.689. The van der Waals surface area contributed by atoms with Crippen molar-refractivity contribution in [3.8, 4) is 5.75 Å². The van der Waals surface area contributed by atoms with Crippen molar-refractivity contribution >= 4 is 15.7 Å². The first-order valence-electron chi connectivity index (χ1n) is 11.8. The van der Waals surface area contributed by atoms with Crippen LogP contribution in [0.5, 0.6) is 5.75 Å². The lowest BCUT2D eigenvalue weighted by atomic mass is 9.95. The first-order valence-corrected chi connectivity index (χ1v) is 13.7. The summed E-state index contributed by atoms with van der Waals surface area (Å²) in [7, 11) is -3.50. The zero-order valence-corrected chi connectivity index (χ0v) is 20.7. The van der Waals surface area contributed by atoms with Crippen LogP contribution in [0.3, 0.4) is 0 Å². The zero-order valence-electron chi connectivity index (χ0n) is 19.8. The summed E-state index contributed by atoms with van der Waals surface area (Å²) in [6.07, 6.45) is 2.87. The Morgan fingerprint density at radius 2 is 1.77 bits per heavy atom. The molecular weight excluding hydrogens is 476 g/mol. The van der Waals surface area contributed by atoms with E-state index in [1.165, 1.54) is 24.3 Å². The SMILES string of the molecule is CC1C(OC2CCN(C(=N)c3ccc(F)cc3)CC2)CCNC1Oc1ccc(S(C)(=O)=O)cc1F. The molecule has 3 unspecified atom stereocenters. The average molecular weight is 508 g/mol. The summed E-state index contributed by atoms with van der Waals surface area (Å²) in [5.74, 6) is -0.721. The summed E-state index contributed by atoms with van der Waals surface area (Å²) < 4.78 is 63.2. The van der Waals surface area contributed by atoms with Crippen LogP contribution in [0.2, 0.25) is 0 Å². The van der Waals surface area contributed by atoms with Gasteiger partial charge in [-0.15, -0.1) is 0 Å². The lowest BCUT2D eigenvalue weighted by Gasteiger charge is -2.40. The fourth-order valence-electron chi connectivity index (χ4n) is 4.55. The summed E-state index contributed by atoms with van der Waals surface area (Å²) >= 11 is 0. The van der Waals surface area contributed by atoms with Crippen LogP contribution in [0.15, 0.2) is 47.4 Å². The van der Waals surface area contributed by atoms with Crippen LogP contribution in [0, 0.1) is 23.0 Å². The number of sulfone groups is 1. The molecule has 0 aliphatic carbocycles. The van der Waals surface area contributed by atoms with Gasteiger partial charge in [-0.25, -0.2) is 17.2 Å². The van der Waals surface area contributed by atoms with Crippen molar-refractivity contribution in [3.63, 3.8) is 0 Å². The van der Waals surface area contributed by atoms with Crippen LogP contribution in [-0.2, 0) is 14.6 Å². The van der Waals surface area contributed by atoms with Crippen molar-refractivity contribution in [1.29, 1.82) is 5.41 Å². The van der Waals surface area contributed by atoms with Crippen molar-refractivity contribution in [3.05, 3.63) is 59.7 Å². The number of amidine groups is 1. The highest BCUT2D eigenvalue weighted by molar-refractivity contribution is 7.90.